The van der Waals surface area contributed by atoms with Gasteiger partial charge >= 0.3 is 0 Å². The second-order valence-corrected chi connectivity index (χ2v) is 5.65. The molecule has 0 radical (unpaired) electrons. The molecule has 0 bridgehead atoms. The number of pyridine rings is 1. The van der Waals surface area contributed by atoms with Gasteiger partial charge in [-0.1, -0.05) is 6.07 Å². The first kappa shape index (κ1) is 12.3. The highest BCUT2D eigenvalue weighted by atomic mass is 32.2. The van der Waals surface area contributed by atoms with Crippen molar-refractivity contribution in [2.24, 2.45) is 4.40 Å². The summed E-state index contributed by atoms with van der Waals surface area (Å²) < 4.78 is 27.3. The van der Waals surface area contributed by atoms with Crippen molar-refractivity contribution in [3.8, 4) is 6.07 Å². The molecule has 0 fully saturated rings. The van der Waals surface area contributed by atoms with Gasteiger partial charge in [0.25, 0.3) is 10.0 Å². The van der Waals surface area contributed by atoms with Gasteiger partial charge in [-0.3, -0.25) is 4.90 Å². The molecule has 6 nitrogen and oxygen atoms in total. The molecule has 0 spiro atoms. The average molecular weight is 284 g/mol. The summed E-state index contributed by atoms with van der Waals surface area (Å²) in [5, 5.41) is 8.93. The Morgan fingerprint density at radius 1 is 1.20 bits per heavy atom. The number of aromatic nitrogens is 1. The zero-order valence-corrected chi connectivity index (χ0v) is 10.9. The smallest absolute Gasteiger partial charge is 0.283 e. The number of hydrogen-bond acceptors (Lipinski definition) is 5. The number of sulfonamides is 1. The Morgan fingerprint density at radius 2 is 2.05 bits per heavy atom. The van der Waals surface area contributed by atoms with Gasteiger partial charge in [-0.25, -0.2) is 4.98 Å². The zero-order valence-electron chi connectivity index (χ0n) is 10.1. The fourth-order valence-electron chi connectivity index (χ4n) is 1.90. The van der Waals surface area contributed by atoms with Gasteiger partial charge in [0.15, 0.2) is 5.82 Å². The number of rotatable bonds is 1. The number of nitrogens with zero attached hydrogens (tertiary/aromatic N) is 4. The Labute approximate surface area is 115 Å². The summed E-state index contributed by atoms with van der Waals surface area (Å²) in [4.78, 5) is 5.69. The van der Waals surface area contributed by atoms with Gasteiger partial charge in [0.2, 0.25) is 0 Å². The average Bonchev–Trinajstić information content (AvgIpc) is 2.47. The molecule has 0 saturated heterocycles. The molecule has 0 aliphatic carbocycles. The largest absolute Gasteiger partial charge is 0.287 e. The summed E-state index contributed by atoms with van der Waals surface area (Å²) in [6.45, 7) is 0. The van der Waals surface area contributed by atoms with Crippen molar-refractivity contribution >= 4 is 27.9 Å². The maximum Gasteiger partial charge on any atom is 0.287 e. The summed E-state index contributed by atoms with van der Waals surface area (Å²) in [5.41, 5.74) is 1.10. The molecule has 1 aromatic carbocycles. The Balaban J connectivity index is 2.19. The molecule has 0 amide bonds. The standard InChI is InChI=1S/C13H8N4O2S/c14-8-10-3-1-4-11(7-10)17-9-16-20(18,19)12-5-2-6-15-13(12)17/h1-7,9H. The van der Waals surface area contributed by atoms with Crippen LogP contribution in [0.3, 0.4) is 0 Å². The van der Waals surface area contributed by atoms with E-state index in [0.29, 0.717) is 11.3 Å². The lowest BCUT2D eigenvalue weighted by Gasteiger charge is -2.23. The van der Waals surface area contributed by atoms with Crippen LogP contribution in [0, 0.1) is 11.3 Å². The molecule has 98 valence electrons. The molecule has 2 aromatic rings. The highest BCUT2D eigenvalue weighted by molar-refractivity contribution is 7.90. The van der Waals surface area contributed by atoms with E-state index in [4.69, 9.17) is 5.26 Å². The SMILES string of the molecule is N#Cc1cccc(N2C=NS(=O)(=O)c3cccnc32)c1. The van der Waals surface area contributed by atoms with E-state index in [1.807, 2.05) is 6.07 Å². The van der Waals surface area contributed by atoms with Crippen molar-refractivity contribution in [3.05, 3.63) is 48.2 Å². The molecule has 0 saturated carbocycles. The van der Waals surface area contributed by atoms with Crippen LogP contribution in [0.25, 0.3) is 0 Å². The van der Waals surface area contributed by atoms with E-state index in [1.54, 1.807) is 30.3 Å². The first-order valence-corrected chi connectivity index (χ1v) is 7.11. The van der Waals surface area contributed by atoms with Crippen LogP contribution in [0.4, 0.5) is 11.5 Å². The van der Waals surface area contributed by atoms with Crippen molar-refractivity contribution in [1.29, 1.82) is 5.26 Å². The molecule has 3 rings (SSSR count). The minimum absolute atomic E-state index is 0.0462. The van der Waals surface area contributed by atoms with E-state index in [-0.39, 0.29) is 10.7 Å². The molecule has 0 N–H and O–H groups in total. The van der Waals surface area contributed by atoms with E-state index in [0.717, 1.165) is 0 Å². The maximum atomic E-state index is 11.9. The molecule has 0 atom stereocenters. The van der Waals surface area contributed by atoms with Crippen molar-refractivity contribution in [3.63, 3.8) is 0 Å². The Morgan fingerprint density at radius 3 is 2.85 bits per heavy atom. The molecular weight excluding hydrogens is 276 g/mol. The highest BCUT2D eigenvalue weighted by Gasteiger charge is 2.27. The van der Waals surface area contributed by atoms with Gasteiger partial charge in [-0.15, -0.1) is 4.40 Å². The Bertz CT molecular complexity index is 853. The van der Waals surface area contributed by atoms with E-state index in [9.17, 15) is 8.42 Å². The predicted octanol–water partition coefficient (Wildman–Crippen LogP) is 1.82. The first-order chi connectivity index (χ1) is 9.62. The quantitative estimate of drug-likeness (QED) is 0.797. The fourth-order valence-corrected chi connectivity index (χ4v) is 2.86. The normalized spacial score (nSPS) is 15.4. The third-order valence-electron chi connectivity index (χ3n) is 2.81. The third kappa shape index (κ3) is 1.92. The molecule has 1 aliphatic heterocycles. The fraction of sp³-hybridized carbons (Fsp3) is 0. The van der Waals surface area contributed by atoms with Crippen LogP contribution >= 0.6 is 0 Å². The molecule has 1 aliphatic rings. The van der Waals surface area contributed by atoms with Crippen molar-refractivity contribution in [2.45, 2.75) is 4.90 Å². The number of nitriles is 1. The van der Waals surface area contributed by atoms with Crippen LogP contribution in [0.2, 0.25) is 0 Å². The van der Waals surface area contributed by atoms with Gasteiger partial charge in [-0.2, -0.15) is 13.7 Å². The van der Waals surface area contributed by atoms with Crippen LogP contribution in [-0.4, -0.2) is 19.7 Å². The van der Waals surface area contributed by atoms with E-state index < -0.39 is 10.0 Å². The van der Waals surface area contributed by atoms with Crippen LogP contribution in [0.15, 0.2) is 51.9 Å². The molecule has 0 unspecified atom stereocenters. The summed E-state index contributed by atoms with van der Waals surface area (Å²) in [5.74, 6) is 0.276. The lowest BCUT2D eigenvalue weighted by Crippen LogP contribution is -2.23. The summed E-state index contributed by atoms with van der Waals surface area (Å²) >= 11 is 0. The van der Waals surface area contributed by atoms with Crippen LogP contribution in [0.5, 0.6) is 0 Å². The number of fused-ring (bicyclic) bond motifs is 1. The van der Waals surface area contributed by atoms with E-state index in [2.05, 4.69) is 9.38 Å². The minimum Gasteiger partial charge on any atom is -0.283 e. The minimum atomic E-state index is -3.70. The highest BCUT2D eigenvalue weighted by Crippen LogP contribution is 2.32. The lowest BCUT2D eigenvalue weighted by atomic mass is 10.2. The number of benzene rings is 1. The van der Waals surface area contributed by atoms with Crippen molar-refractivity contribution in [2.75, 3.05) is 4.90 Å². The topological polar surface area (TPSA) is 86.4 Å². The summed E-state index contributed by atoms with van der Waals surface area (Å²) in [6, 6.07) is 11.8. The number of hydrogen-bond donors (Lipinski definition) is 0. The van der Waals surface area contributed by atoms with Crippen LogP contribution in [0.1, 0.15) is 5.56 Å². The monoisotopic (exact) mass is 284 g/mol. The second-order valence-electron chi connectivity index (χ2n) is 4.05. The predicted molar refractivity (Wildman–Crippen MR) is 73.2 cm³/mol. The summed E-state index contributed by atoms with van der Waals surface area (Å²) in [7, 11) is -3.70. The van der Waals surface area contributed by atoms with Crippen molar-refractivity contribution < 1.29 is 8.42 Å². The molecular formula is C13H8N4O2S. The van der Waals surface area contributed by atoms with Gasteiger partial charge in [0.1, 0.15) is 11.2 Å². The van der Waals surface area contributed by atoms with Gasteiger partial charge < -0.3 is 0 Å². The van der Waals surface area contributed by atoms with Gasteiger partial charge in [-0.05, 0) is 30.3 Å². The van der Waals surface area contributed by atoms with E-state index >= 15 is 0 Å². The molecule has 2 heterocycles. The number of anilines is 2. The van der Waals surface area contributed by atoms with Crippen molar-refractivity contribution in [1.82, 2.24) is 4.98 Å². The molecule has 7 heteroatoms. The van der Waals surface area contributed by atoms with Crippen LogP contribution in [-0.2, 0) is 10.0 Å². The molecule has 20 heavy (non-hydrogen) atoms. The van der Waals surface area contributed by atoms with E-state index in [1.165, 1.54) is 23.5 Å². The van der Waals surface area contributed by atoms with Gasteiger partial charge in [0.05, 0.1) is 11.6 Å². The maximum absolute atomic E-state index is 11.9. The lowest BCUT2D eigenvalue weighted by molar-refractivity contribution is 0.597. The zero-order chi connectivity index (χ0) is 14.2. The third-order valence-corrected chi connectivity index (χ3v) is 4.06. The summed E-state index contributed by atoms with van der Waals surface area (Å²) in [6.07, 6.45) is 2.70. The molecule has 1 aromatic heterocycles. The Kier molecular flexibility index (Phi) is 2.73. The van der Waals surface area contributed by atoms with Gasteiger partial charge in [0, 0.05) is 11.9 Å². The Hall–Kier alpha value is -2.72. The van der Waals surface area contributed by atoms with Crippen LogP contribution < -0.4 is 4.90 Å². The first-order valence-electron chi connectivity index (χ1n) is 5.67. The second kappa shape index (κ2) is 4.43.